The number of phenols is 2. The first-order chi connectivity index (χ1) is 12.5. The highest BCUT2D eigenvalue weighted by atomic mass is 16.6. The number of carbonyl (C=O) groups is 2. The maximum Gasteiger partial charge on any atom is 0.415 e. The Morgan fingerprint density at radius 1 is 1.00 bits per heavy atom. The van der Waals surface area contributed by atoms with Gasteiger partial charge in [-0.2, -0.15) is 0 Å². The summed E-state index contributed by atoms with van der Waals surface area (Å²) in [7, 11) is 0. The van der Waals surface area contributed by atoms with Crippen LogP contribution in [0.25, 0.3) is 0 Å². The summed E-state index contributed by atoms with van der Waals surface area (Å²) in [4.78, 5) is 26.0. The molecule has 0 atom stereocenters. The van der Waals surface area contributed by atoms with E-state index in [0.29, 0.717) is 31.7 Å². The predicted molar refractivity (Wildman–Crippen MR) is 94.3 cm³/mol. The normalized spacial score (nSPS) is 14.7. The minimum Gasteiger partial charge on any atom is -0.508 e. The fourth-order valence-corrected chi connectivity index (χ4v) is 2.86. The van der Waals surface area contributed by atoms with Crippen LogP contribution in [0.2, 0.25) is 0 Å². The second-order valence-electron chi connectivity index (χ2n) is 6.15. The first kappa shape index (κ1) is 17.6. The van der Waals surface area contributed by atoms with E-state index in [-0.39, 0.29) is 29.0 Å². The second kappa shape index (κ2) is 7.77. The quantitative estimate of drug-likeness (QED) is 0.785. The van der Waals surface area contributed by atoms with E-state index in [0.717, 1.165) is 6.07 Å². The highest BCUT2D eigenvalue weighted by Crippen LogP contribution is 2.21. The summed E-state index contributed by atoms with van der Waals surface area (Å²) < 4.78 is 5.31. The van der Waals surface area contributed by atoms with Crippen LogP contribution >= 0.6 is 0 Å². The number of nitrogens with one attached hydrogen (secondary N) is 1. The zero-order valence-corrected chi connectivity index (χ0v) is 14.1. The van der Waals surface area contributed by atoms with Gasteiger partial charge in [0.2, 0.25) is 0 Å². The van der Waals surface area contributed by atoms with Crippen LogP contribution in [0.4, 0.5) is 4.79 Å². The number of hydrogen-bond donors (Lipinski definition) is 3. The minimum absolute atomic E-state index is 0.0900. The number of phenolic OH excluding ortho intramolecular Hbond substituents is 2. The standard InChI is InChI=1S/C19H20N2O5/c22-15-10-13(11-16(23)12-15)18(24)20-14-6-8-21(9-7-14)19(25)26-17-4-2-1-3-5-17/h1-5,10-12,14,22-23H,6-9H2,(H,20,24). The topological polar surface area (TPSA) is 99.1 Å². The molecule has 1 fully saturated rings. The molecule has 0 saturated carbocycles. The van der Waals surface area contributed by atoms with Gasteiger partial charge in [-0.1, -0.05) is 18.2 Å². The Balaban J connectivity index is 1.50. The number of amides is 2. The molecule has 0 unspecified atom stereocenters. The summed E-state index contributed by atoms with van der Waals surface area (Å²) in [6.07, 6.45) is 0.791. The van der Waals surface area contributed by atoms with Crippen LogP contribution in [0, 0.1) is 0 Å². The van der Waals surface area contributed by atoms with E-state index in [9.17, 15) is 19.8 Å². The molecule has 2 aromatic carbocycles. The molecule has 0 bridgehead atoms. The number of hydrogen-bond acceptors (Lipinski definition) is 5. The number of carbonyl (C=O) groups excluding carboxylic acids is 2. The maximum absolute atomic E-state index is 12.2. The molecule has 0 aliphatic carbocycles. The van der Waals surface area contributed by atoms with Gasteiger partial charge in [0.05, 0.1) is 0 Å². The van der Waals surface area contributed by atoms with Crippen molar-refractivity contribution in [3.05, 3.63) is 54.1 Å². The van der Waals surface area contributed by atoms with Crippen molar-refractivity contribution >= 4 is 12.0 Å². The number of ether oxygens (including phenoxy) is 1. The molecule has 1 aliphatic rings. The first-order valence-corrected chi connectivity index (χ1v) is 8.37. The molecule has 0 radical (unpaired) electrons. The van der Waals surface area contributed by atoms with Gasteiger partial charge in [0.25, 0.3) is 5.91 Å². The maximum atomic E-state index is 12.2. The summed E-state index contributed by atoms with van der Waals surface area (Å²) in [6, 6.07) is 12.5. The molecule has 26 heavy (non-hydrogen) atoms. The number of para-hydroxylation sites is 1. The van der Waals surface area contributed by atoms with Crippen molar-refractivity contribution in [3.63, 3.8) is 0 Å². The first-order valence-electron chi connectivity index (χ1n) is 8.37. The molecule has 2 amide bonds. The monoisotopic (exact) mass is 356 g/mol. The summed E-state index contributed by atoms with van der Waals surface area (Å²) >= 11 is 0. The molecule has 3 N–H and O–H groups in total. The lowest BCUT2D eigenvalue weighted by atomic mass is 10.0. The largest absolute Gasteiger partial charge is 0.508 e. The van der Waals surface area contributed by atoms with Gasteiger partial charge in [0, 0.05) is 30.8 Å². The van der Waals surface area contributed by atoms with E-state index >= 15 is 0 Å². The van der Waals surface area contributed by atoms with Crippen LogP contribution in [0.15, 0.2) is 48.5 Å². The van der Waals surface area contributed by atoms with E-state index in [1.54, 1.807) is 29.2 Å². The van der Waals surface area contributed by atoms with Gasteiger partial charge >= 0.3 is 6.09 Å². The third-order valence-corrected chi connectivity index (χ3v) is 4.20. The number of rotatable bonds is 3. The van der Waals surface area contributed by atoms with Crippen molar-refractivity contribution in [2.24, 2.45) is 0 Å². The Kier molecular flexibility index (Phi) is 5.26. The van der Waals surface area contributed by atoms with Crippen molar-refractivity contribution in [2.75, 3.05) is 13.1 Å². The van der Waals surface area contributed by atoms with Crippen LogP contribution in [-0.4, -0.2) is 46.2 Å². The van der Waals surface area contributed by atoms with Gasteiger partial charge in [-0.05, 0) is 37.1 Å². The van der Waals surface area contributed by atoms with Crippen LogP contribution in [-0.2, 0) is 0 Å². The average molecular weight is 356 g/mol. The van der Waals surface area contributed by atoms with Crippen LogP contribution in [0.1, 0.15) is 23.2 Å². The predicted octanol–water partition coefficient (Wildman–Crippen LogP) is 2.49. The number of benzene rings is 2. The molecule has 3 rings (SSSR count). The third kappa shape index (κ3) is 4.44. The highest BCUT2D eigenvalue weighted by molar-refractivity contribution is 5.95. The van der Waals surface area contributed by atoms with Crippen LogP contribution in [0.5, 0.6) is 17.2 Å². The molecule has 7 heteroatoms. The summed E-state index contributed by atoms with van der Waals surface area (Å²) in [5.41, 5.74) is 0.188. The third-order valence-electron chi connectivity index (χ3n) is 4.20. The van der Waals surface area contributed by atoms with Gasteiger partial charge in [-0.25, -0.2) is 4.79 Å². The molecule has 136 valence electrons. The van der Waals surface area contributed by atoms with E-state index in [4.69, 9.17) is 4.74 Å². The van der Waals surface area contributed by atoms with E-state index in [1.807, 2.05) is 6.07 Å². The Hall–Kier alpha value is -3.22. The lowest BCUT2D eigenvalue weighted by Gasteiger charge is -2.31. The van der Waals surface area contributed by atoms with E-state index < -0.39 is 6.09 Å². The Morgan fingerprint density at radius 3 is 2.23 bits per heavy atom. The summed E-state index contributed by atoms with van der Waals surface area (Å²) in [6.45, 7) is 0.948. The van der Waals surface area contributed by atoms with Gasteiger partial charge in [0.1, 0.15) is 17.2 Å². The zero-order chi connectivity index (χ0) is 18.5. The molecule has 1 heterocycles. The molecular formula is C19H20N2O5. The Morgan fingerprint density at radius 2 is 1.62 bits per heavy atom. The van der Waals surface area contributed by atoms with E-state index in [2.05, 4.69) is 5.32 Å². The number of aromatic hydroxyl groups is 2. The fourth-order valence-electron chi connectivity index (χ4n) is 2.86. The molecule has 0 aromatic heterocycles. The lowest BCUT2D eigenvalue weighted by Crippen LogP contribution is -2.47. The van der Waals surface area contributed by atoms with Gasteiger partial charge in [-0.3, -0.25) is 4.79 Å². The molecule has 2 aromatic rings. The zero-order valence-electron chi connectivity index (χ0n) is 14.1. The van der Waals surface area contributed by atoms with Crippen molar-refractivity contribution in [3.8, 4) is 17.2 Å². The average Bonchev–Trinajstić information content (AvgIpc) is 2.62. The van der Waals surface area contributed by atoms with Crippen LogP contribution in [0.3, 0.4) is 0 Å². The SMILES string of the molecule is O=C(NC1CCN(C(=O)Oc2ccccc2)CC1)c1cc(O)cc(O)c1. The molecule has 1 aliphatic heterocycles. The van der Waals surface area contributed by atoms with Crippen molar-refractivity contribution in [2.45, 2.75) is 18.9 Å². The smallest absolute Gasteiger partial charge is 0.415 e. The Bertz CT molecular complexity index is 766. The van der Waals surface area contributed by atoms with Crippen molar-refractivity contribution < 1.29 is 24.5 Å². The van der Waals surface area contributed by atoms with Gasteiger partial charge < -0.3 is 25.2 Å². The second-order valence-corrected chi connectivity index (χ2v) is 6.15. The minimum atomic E-state index is -0.404. The fraction of sp³-hybridized carbons (Fsp3) is 0.263. The van der Waals surface area contributed by atoms with Crippen LogP contribution < -0.4 is 10.1 Å². The number of piperidine rings is 1. The van der Waals surface area contributed by atoms with Crippen molar-refractivity contribution in [1.29, 1.82) is 0 Å². The number of nitrogens with zero attached hydrogens (tertiary/aromatic N) is 1. The summed E-state index contributed by atoms with van der Waals surface area (Å²) in [5, 5.41) is 21.8. The Labute approximate surface area is 150 Å². The molecular weight excluding hydrogens is 336 g/mol. The van der Waals surface area contributed by atoms with Crippen molar-refractivity contribution in [1.82, 2.24) is 10.2 Å². The van der Waals surface area contributed by atoms with Gasteiger partial charge in [-0.15, -0.1) is 0 Å². The molecule has 7 nitrogen and oxygen atoms in total. The molecule has 1 saturated heterocycles. The molecule has 0 spiro atoms. The number of likely N-dealkylation sites (tertiary alicyclic amines) is 1. The summed E-state index contributed by atoms with van der Waals surface area (Å²) in [5.74, 6) is -0.222. The lowest BCUT2D eigenvalue weighted by molar-refractivity contribution is 0.0909. The van der Waals surface area contributed by atoms with E-state index in [1.165, 1.54) is 12.1 Å². The highest BCUT2D eigenvalue weighted by Gasteiger charge is 2.25. The van der Waals surface area contributed by atoms with Gasteiger partial charge in [0.15, 0.2) is 0 Å².